The fourth-order valence-electron chi connectivity index (χ4n) is 2.31. The first-order valence-corrected chi connectivity index (χ1v) is 7.30. The van der Waals surface area contributed by atoms with Gasteiger partial charge in [0.2, 0.25) is 5.82 Å². The molecular formula is C17H16F6O. The van der Waals surface area contributed by atoms with Gasteiger partial charge in [-0.3, -0.25) is 0 Å². The molecule has 0 bridgehead atoms. The Morgan fingerprint density at radius 3 is 2.25 bits per heavy atom. The van der Waals surface area contributed by atoms with Crippen LogP contribution in [0.5, 0.6) is 5.75 Å². The highest BCUT2D eigenvalue weighted by Crippen LogP contribution is 2.48. The normalized spacial score (nSPS) is 18.8. The van der Waals surface area contributed by atoms with Crippen molar-refractivity contribution in [2.45, 2.75) is 38.5 Å². The summed E-state index contributed by atoms with van der Waals surface area (Å²) in [7, 11) is 0. The number of halogens is 6. The number of allylic oxidation sites excluding steroid dienone is 4. The van der Waals surface area contributed by atoms with Crippen LogP contribution in [0.4, 0.5) is 26.3 Å². The number of benzene rings is 1. The van der Waals surface area contributed by atoms with Crippen molar-refractivity contribution in [2.24, 2.45) is 0 Å². The lowest BCUT2D eigenvalue weighted by Gasteiger charge is -2.32. The monoisotopic (exact) mass is 350 g/mol. The Labute approximate surface area is 135 Å². The Morgan fingerprint density at radius 2 is 1.58 bits per heavy atom. The van der Waals surface area contributed by atoms with Crippen molar-refractivity contribution in [2.75, 3.05) is 6.61 Å². The third kappa shape index (κ3) is 3.16. The molecule has 1 aliphatic carbocycles. The van der Waals surface area contributed by atoms with Gasteiger partial charge < -0.3 is 4.74 Å². The third-order valence-corrected chi connectivity index (χ3v) is 3.92. The van der Waals surface area contributed by atoms with Crippen molar-refractivity contribution < 1.29 is 31.1 Å². The first-order valence-electron chi connectivity index (χ1n) is 7.30. The summed E-state index contributed by atoms with van der Waals surface area (Å²) in [6, 6.07) is 2.54. The Morgan fingerprint density at radius 1 is 0.917 bits per heavy atom. The molecule has 1 nitrogen and oxygen atoms in total. The van der Waals surface area contributed by atoms with Gasteiger partial charge in [0.25, 0.3) is 0 Å². The van der Waals surface area contributed by atoms with E-state index in [4.69, 9.17) is 4.74 Å². The lowest BCUT2D eigenvalue weighted by atomic mass is 9.89. The van der Waals surface area contributed by atoms with Gasteiger partial charge in [-0.2, -0.15) is 22.0 Å². The van der Waals surface area contributed by atoms with Crippen LogP contribution in [0, 0.1) is 18.6 Å². The predicted octanol–water partition coefficient (Wildman–Crippen LogP) is 5.59. The lowest BCUT2D eigenvalue weighted by Crippen LogP contribution is -2.44. The second-order valence-electron chi connectivity index (χ2n) is 5.65. The van der Waals surface area contributed by atoms with Gasteiger partial charge in [-0.15, -0.1) is 0 Å². The third-order valence-electron chi connectivity index (χ3n) is 3.92. The van der Waals surface area contributed by atoms with Crippen LogP contribution >= 0.6 is 0 Å². The van der Waals surface area contributed by atoms with Gasteiger partial charge >= 0.3 is 11.8 Å². The van der Waals surface area contributed by atoms with Crippen LogP contribution in [-0.2, 0) is 0 Å². The van der Waals surface area contributed by atoms with Crippen molar-refractivity contribution in [3.63, 3.8) is 0 Å². The summed E-state index contributed by atoms with van der Waals surface area (Å²) in [6.45, 7) is 2.12. The zero-order valence-electron chi connectivity index (χ0n) is 13.1. The zero-order chi connectivity index (χ0) is 18.1. The van der Waals surface area contributed by atoms with Gasteiger partial charge in [-0.25, -0.2) is 4.39 Å². The number of alkyl halides is 4. The van der Waals surface area contributed by atoms with E-state index in [0.29, 0.717) is 0 Å². The summed E-state index contributed by atoms with van der Waals surface area (Å²) in [5.41, 5.74) is -1.31. The quantitative estimate of drug-likeness (QED) is 0.497. The molecule has 1 aliphatic rings. The number of rotatable bonds is 5. The second-order valence-corrected chi connectivity index (χ2v) is 5.65. The molecule has 0 unspecified atom stereocenters. The van der Waals surface area contributed by atoms with Gasteiger partial charge in [0, 0.05) is 11.1 Å². The summed E-state index contributed by atoms with van der Waals surface area (Å²) < 4.78 is 86.7. The smallest absolute Gasteiger partial charge is 0.335 e. The van der Waals surface area contributed by atoms with E-state index in [1.807, 2.05) is 0 Å². The van der Waals surface area contributed by atoms with Gasteiger partial charge in [0.05, 0.1) is 6.61 Å². The fourth-order valence-corrected chi connectivity index (χ4v) is 2.31. The number of hydrogen-bond donors (Lipinski definition) is 0. The molecule has 7 heteroatoms. The zero-order valence-corrected chi connectivity index (χ0v) is 13.1. The van der Waals surface area contributed by atoms with E-state index in [1.54, 1.807) is 0 Å². The molecule has 0 aliphatic heterocycles. The van der Waals surface area contributed by atoms with Crippen molar-refractivity contribution in [3.05, 3.63) is 52.6 Å². The molecule has 24 heavy (non-hydrogen) atoms. The molecule has 0 heterocycles. The van der Waals surface area contributed by atoms with E-state index in [0.717, 1.165) is 19.1 Å². The highest BCUT2D eigenvalue weighted by Gasteiger charge is 2.60. The van der Waals surface area contributed by atoms with E-state index in [2.05, 4.69) is 0 Å². The SMILES string of the molecule is CC1=CC=C(CCCOc2ccc(C)c(F)c2F)C(F)(F)C1(F)F. The van der Waals surface area contributed by atoms with Crippen molar-refractivity contribution in [3.8, 4) is 5.75 Å². The topological polar surface area (TPSA) is 9.23 Å². The summed E-state index contributed by atoms with van der Waals surface area (Å²) >= 11 is 0. The first kappa shape index (κ1) is 18.4. The van der Waals surface area contributed by atoms with Crippen LogP contribution in [0.25, 0.3) is 0 Å². The molecule has 0 fully saturated rings. The molecule has 1 aromatic carbocycles. The minimum atomic E-state index is -4.27. The molecule has 0 radical (unpaired) electrons. The van der Waals surface area contributed by atoms with Crippen LogP contribution in [0.2, 0.25) is 0 Å². The van der Waals surface area contributed by atoms with E-state index < -0.39 is 34.6 Å². The second kappa shape index (κ2) is 6.53. The first-order chi connectivity index (χ1) is 11.1. The van der Waals surface area contributed by atoms with Gasteiger partial charge in [-0.1, -0.05) is 18.2 Å². The molecule has 132 valence electrons. The highest BCUT2D eigenvalue weighted by atomic mass is 19.3. The van der Waals surface area contributed by atoms with Crippen LogP contribution in [0.3, 0.4) is 0 Å². The average molecular weight is 350 g/mol. The van der Waals surface area contributed by atoms with Crippen molar-refractivity contribution in [1.29, 1.82) is 0 Å². The van der Waals surface area contributed by atoms with E-state index in [1.165, 1.54) is 19.1 Å². The number of ether oxygens (including phenoxy) is 1. The fraction of sp³-hybridized carbons (Fsp3) is 0.412. The number of aryl methyl sites for hydroxylation is 1. The molecule has 2 rings (SSSR count). The van der Waals surface area contributed by atoms with Crippen LogP contribution in [-0.4, -0.2) is 18.5 Å². The molecule has 0 saturated carbocycles. The molecule has 0 saturated heterocycles. The summed E-state index contributed by atoms with van der Waals surface area (Å²) in [5.74, 6) is -11.1. The summed E-state index contributed by atoms with van der Waals surface area (Å²) in [6.07, 6.45) is 1.54. The van der Waals surface area contributed by atoms with Crippen LogP contribution < -0.4 is 4.74 Å². The maximum atomic E-state index is 13.8. The maximum absolute atomic E-state index is 13.8. The van der Waals surface area contributed by atoms with Crippen LogP contribution in [0.15, 0.2) is 35.4 Å². The Hall–Kier alpha value is -1.92. The van der Waals surface area contributed by atoms with E-state index in [9.17, 15) is 26.3 Å². The van der Waals surface area contributed by atoms with Crippen LogP contribution in [0.1, 0.15) is 25.3 Å². The molecule has 0 aromatic heterocycles. The predicted molar refractivity (Wildman–Crippen MR) is 77.6 cm³/mol. The largest absolute Gasteiger partial charge is 0.490 e. The molecular weight excluding hydrogens is 334 g/mol. The van der Waals surface area contributed by atoms with E-state index >= 15 is 0 Å². The average Bonchev–Trinajstić information content (AvgIpc) is 2.51. The van der Waals surface area contributed by atoms with Crippen molar-refractivity contribution in [1.82, 2.24) is 0 Å². The Kier molecular flexibility index (Phi) is 5.01. The Bertz CT molecular complexity index is 691. The number of hydrogen-bond acceptors (Lipinski definition) is 1. The maximum Gasteiger partial charge on any atom is 0.335 e. The molecule has 0 amide bonds. The minimum Gasteiger partial charge on any atom is -0.490 e. The lowest BCUT2D eigenvalue weighted by molar-refractivity contribution is -0.164. The van der Waals surface area contributed by atoms with Gasteiger partial charge in [0.15, 0.2) is 11.6 Å². The standard InChI is InChI=1S/C17H16F6O/c1-10-5-8-13(15(19)14(10)18)24-9-3-4-12-7-6-11(2)16(20,21)17(12,22)23/h5-8H,3-4,9H2,1-2H3. The Balaban J connectivity index is 1.97. The van der Waals surface area contributed by atoms with E-state index in [-0.39, 0.29) is 30.8 Å². The molecule has 0 atom stereocenters. The minimum absolute atomic E-state index is 0.0423. The van der Waals surface area contributed by atoms with Gasteiger partial charge in [0.1, 0.15) is 0 Å². The summed E-state index contributed by atoms with van der Waals surface area (Å²) in [4.78, 5) is 0. The van der Waals surface area contributed by atoms with Gasteiger partial charge in [-0.05, 0) is 38.3 Å². The highest BCUT2D eigenvalue weighted by molar-refractivity contribution is 5.36. The summed E-state index contributed by atoms with van der Waals surface area (Å²) in [5, 5.41) is 0. The molecule has 1 aromatic rings. The van der Waals surface area contributed by atoms with Crippen molar-refractivity contribution >= 4 is 0 Å². The molecule has 0 spiro atoms. The molecule has 0 N–H and O–H groups in total.